The number of hydrogen-bond acceptors (Lipinski definition) is 3. The summed E-state index contributed by atoms with van der Waals surface area (Å²) in [5.41, 5.74) is 0. The molecule has 4 heteroatoms. The van der Waals surface area contributed by atoms with Crippen molar-refractivity contribution in [2.24, 2.45) is 5.92 Å². The van der Waals surface area contributed by atoms with Gasteiger partial charge in [-0.15, -0.1) is 0 Å². The summed E-state index contributed by atoms with van der Waals surface area (Å²) in [6.07, 6.45) is 0.248. The lowest BCUT2D eigenvalue weighted by molar-refractivity contribution is -0.139. The second-order valence-electron chi connectivity index (χ2n) is 4.40. The van der Waals surface area contributed by atoms with E-state index in [0.717, 1.165) is 13.0 Å². The molecule has 1 heterocycles. The summed E-state index contributed by atoms with van der Waals surface area (Å²) in [4.78, 5) is 12.5. The summed E-state index contributed by atoms with van der Waals surface area (Å²) in [5, 5.41) is 18.0. The van der Waals surface area contributed by atoms with Crippen LogP contribution in [0.1, 0.15) is 26.7 Å². The van der Waals surface area contributed by atoms with E-state index in [4.69, 9.17) is 5.11 Å². The first kappa shape index (κ1) is 11.5. The van der Waals surface area contributed by atoms with Gasteiger partial charge in [0.1, 0.15) is 0 Å². The summed E-state index contributed by atoms with van der Waals surface area (Å²) in [6.45, 7) is 5.76. The Morgan fingerprint density at radius 3 is 2.64 bits per heavy atom. The number of carboxylic acids is 1. The molecular formula is C10H19NO3. The third-order valence-corrected chi connectivity index (χ3v) is 2.77. The highest BCUT2D eigenvalue weighted by Crippen LogP contribution is 2.22. The maximum atomic E-state index is 10.4. The fourth-order valence-corrected chi connectivity index (χ4v) is 2.18. The molecule has 2 N–H and O–H groups in total. The van der Waals surface area contributed by atoms with Crippen LogP contribution in [0.5, 0.6) is 0 Å². The molecule has 3 unspecified atom stereocenters. The molecule has 0 aromatic heterocycles. The van der Waals surface area contributed by atoms with Gasteiger partial charge in [0.25, 0.3) is 0 Å². The van der Waals surface area contributed by atoms with Gasteiger partial charge in [-0.1, -0.05) is 6.92 Å². The molecule has 0 bridgehead atoms. The van der Waals surface area contributed by atoms with Crippen LogP contribution < -0.4 is 0 Å². The summed E-state index contributed by atoms with van der Waals surface area (Å²) in [5.74, 6) is -0.278. The van der Waals surface area contributed by atoms with Crippen molar-refractivity contribution in [3.05, 3.63) is 0 Å². The number of β-amino-alcohol motifs (C(OH)–C–C–N with tert-alkyl or cyclic N) is 1. The predicted molar refractivity (Wildman–Crippen MR) is 53.1 cm³/mol. The third kappa shape index (κ3) is 3.27. The van der Waals surface area contributed by atoms with Gasteiger partial charge in [-0.25, -0.2) is 0 Å². The molecule has 1 rings (SSSR count). The SMILES string of the molecule is CC1CC(C)N(CC(O)CC(=O)O)C1. The van der Waals surface area contributed by atoms with Gasteiger partial charge >= 0.3 is 5.97 Å². The van der Waals surface area contributed by atoms with Crippen LogP contribution in [-0.2, 0) is 4.79 Å². The molecule has 0 aliphatic carbocycles. The number of nitrogens with zero attached hydrogens (tertiary/aromatic N) is 1. The Hall–Kier alpha value is -0.610. The van der Waals surface area contributed by atoms with Crippen LogP contribution in [0.25, 0.3) is 0 Å². The minimum atomic E-state index is -0.933. The largest absolute Gasteiger partial charge is 0.481 e. The molecule has 1 saturated heterocycles. The number of aliphatic hydroxyl groups is 1. The molecule has 1 aliphatic heterocycles. The standard InChI is InChI=1S/C10H19NO3/c1-7-3-8(2)11(5-7)6-9(12)4-10(13)14/h7-9,12H,3-6H2,1-2H3,(H,13,14). The molecule has 0 amide bonds. The lowest BCUT2D eigenvalue weighted by Gasteiger charge is -2.23. The van der Waals surface area contributed by atoms with Crippen LogP contribution in [0, 0.1) is 5.92 Å². The average molecular weight is 201 g/mol. The average Bonchev–Trinajstić information content (AvgIpc) is 2.28. The zero-order valence-corrected chi connectivity index (χ0v) is 8.81. The topological polar surface area (TPSA) is 60.8 Å². The highest BCUT2D eigenvalue weighted by molar-refractivity contribution is 5.67. The highest BCUT2D eigenvalue weighted by atomic mass is 16.4. The van der Waals surface area contributed by atoms with Crippen LogP contribution in [0.15, 0.2) is 0 Å². The number of carboxylic acid groups (broad SMARTS) is 1. The Morgan fingerprint density at radius 1 is 1.57 bits per heavy atom. The Morgan fingerprint density at radius 2 is 2.21 bits per heavy atom. The zero-order chi connectivity index (χ0) is 10.7. The monoisotopic (exact) mass is 201 g/mol. The molecule has 3 atom stereocenters. The minimum absolute atomic E-state index is 0.155. The van der Waals surface area contributed by atoms with E-state index >= 15 is 0 Å². The third-order valence-electron chi connectivity index (χ3n) is 2.77. The Labute approximate surface area is 84.5 Å². The van der Waals surface area contributed by atoms with Crippen molar-refractivity contribution >= 4 is 5.97 Å². The van der Waals surface area contributed by atoms with Gasteiger partial charge in [-0.2, -0.15) is 0 Å². The van der Waals surface area contributed by atoms with Gasteiger partial charge in [-0.05, 0) is 19.3 Å². The second-order valence-corrected chi connectivity index (χ2v) is 4.40. The van der Waals surface area contributed by atoms with Crippen LogP contribution in [0.4, 0.5) is 0 Å². The van der Waals surface area contributed by atoms with Crippen molar-refractivity contribution in [3.8, 4) is 0 Å². The first-order chi connectivity index (χ1) is 6.49. The molecule has 0 aromatic carbocycles. The van der Waals surface area contributed by atoms with Crippen molar-refractivity contribution in [1.29, 1.82) is 0 Å². The normalized spacial score (nSPS) is 30.5. The van der Waals surface area contributed by atoms with Gasteiger partial charge in [0.15, 0.2) is 0 Å². The highest BCUT2D eigenvalue weighted by Gasteiger charge is 2.27. The number of rotatable bonds is 4. The molecule has 1 aliphatic rings. The van der Waals surface area contributed by atoms with E-state index in [-0.39, 0.29) is 6.42 Å². The molecule has 4 nitrogen and oxygen atoms in total. The quantitative estimate of drug-likeness (QED) is 0.697. The second kappa shape index (κ2) is 4.75. The molecule has 82 valence electrons. The van der Waals surface area contributed by atoms with Crippen molar-refractivity contribution in [2.45, 2.75) is 38.8 Å². The number of aliphatic hydroxyl groups excluding tert-OH is 1. The minimum Gasteiger partial charge on any atom is -0.481 e. The summed E-state index contributed by atoms with van der Waals surface area (Å²) in [6, 6.07) is 0.466. The molecule has 0 spiro atoms. The maximum absolute atomic E-state index is 10.4. The summed E-state index contributed by atoms with van der Waals surface area (Å²) in [7, 11) is 0. The van der Waals surface area contributed by atoms with E-state index in [1.165, 1.54) is 0 Å². The van der Waals surface area contributed by atoms with Gasteiger partial charge in [0.05, 0.1) is 12.5 Å². The maximum Gasteiger partial charge on any atom is 0.306 e. The van der Waals surface area contributed by atoms with E-state index in [1.807, 2.05) is 0 Å². The van der Waals surface area contributed by atoms with E-state index in [1.54, 1.807) is 0 Å². The van der Waals surface area contributed by atoms with Crippen LogP contribution in [0.3, 0.4) is 0 Å². The Bertz CT molecular complexity index is 208. The number of likely N-dealkylation sites (tertiary alicyclic amines) is 1. The molecule has 14 heavy (non-hydrogen) atoms. The van der Waals surface area contributed by atoms with Gasteiger partial charge in [-0.3, -0.25) is 9.69 Å². The van der Waals surface area contributed by atoms with E-state index in [2.05, 4.69) is 18.7 Å². The van der Waals surface area contributed by atoms with Crippen LogP contribution in [0.2, 0.25) is 0 Å². The lowest BCUT2D eigenvalue weighted by atomic mass is 10.1. The first-order valence-corrected chi connectivity index (χ1v) is 5.13. The lowest BCUT2D eigenvalue weighted by Crippen LogP contribution is -2.35. The molecule has 0 aromatic rings. The first-order valence-electron chi connectivity index (χ1n) is 5.13. The van der Waals surface area contributed by atoms with Crippen LogP contribution in [-0.4, -0.2) is 46.3 Å². The van der Waals surface area contributed by atoms with E-state index < -0.39 is 12.1 Å². The Kier molecular flexibility index (Phi) is 3.89. The zero-order valence-electron chi connectivity index (χ0n) is 8.81. The van der Waals surface area contributed by atoms with Gasteiger partial charge in [0, 0.05) is 19.1 Å². The van der Waals surface area contributed by atoms with Crippen molar-refractivity contribution in [2.75, 3.05) is 13.1 Å². The van der Waals surface area contributed by atoms with Gasteiger partial charge in [0.2, 0.25) is 0 Å². The molecule has 0 radical (unpaired) electrons. The van der Waals surface area contributed by atoms with Crippen molar-refractivity contribution < 1.29 is 15.0 Å². The summed E-state index contributed by atoms with van der Waals surface area (Å²) < 4.78 is 0. The van der Waals surface area contributed by atoms with Crippen LogP contribution >= 0.6 is 0 Å². The summed E-state index contributed by atoms with van der Waals surface area (Å²) >= 11 is 0. The fraction of sp³-hybridized carbons (Fsp3) is 0.900. The smallest absolute Gasteiger partial charge is 0.306 e. The predicted octanol–water partition coefficient (Wildman–Crippen LogP) is 0.552. The van der Waals surface area contributed by atoms with Crippen molar-refractivity contribution in [3.63, 3.8) is 0 Å². The van der Waals surface area contributed by atoms with Crippen molar-refractivity contribution in [1.82, 2.24) is 4.90 Å². The fourth-order valence-electron chi connectivity index (χ4n) is 2.18. The number of carbonyl (C=O) groups is 1. The molecular weight excluding hydrogens is 182 g/mol. The van der Waals surface area contributed by atoms with E-state index in [0.29, 0.717) is 18.5 Å². The van der Waals surface area contributed by atoms with Gasteiger partial charge < -0.3 is 10.2 Å². The van der Waals surface area contributed by atoms with E-state index in [9.17, 15) is 9.90 Å². The Balaban J connectivity index is 2.33. The molecule has 0 saturated carbocycles. The molecule has 1 fully saturated rings. The number of aliphatic carboxylic acids is 1. The number of hydrogen-bond donors (Lipinski definition) is 2.